The van der Waals surface area contributed by atoms with Gasteiger partial charge in [0.2, 0.25) is 0 Å². The zero-order valence-corrected chi connectivity index (χ0v) is 15.4. The number of aryl methyl sites for hydroxylation is 1. The summed E-state index contributed by atoms with van der Waals surface area (Å²) in [5.74, 6) is -2.54. The van der Waals surface area contributed by atoms with Crippen LogP contribution in [-0.4, -0.2) is 42.8 Å². The maximum atomic E-state index is 13.0. The number of nitrogens with zero attached hydrogens (tertiary/aromatic N) is 4. The number of hydrogen-bond acceptors (Lipinski definition) is 5. The molecule has 0 aliphatic heterocycles. The zero-order chi connectivity index (χ0) is 20.2. The van der Waals surface area contributed by atoms with Crippen molar-refractivity contribution in [3.8, 4) is 0 Å². The van der Waals surface area contributed by atoms with Crippen molar-refractivity contribution in [3.05, 3.63) is 42.2 Å². The number of aromatic nitrogens is 5. The Morgan fingerprint density at radius 1 is 1.31 bits per heavy atom. The number of carbonyl (C=O) groups excluding carboxylic acids is 1. The first-order valence-electron chi connectivity index (χ1n) is 9.11. The minimum Gasteiger partial charge on any atom is -0.347 e. The second-order valence-electron chi connectivity index (χ2n) is 7.24. The van der Waals surface area contributed by atoms with E-state index >= 15 is 0 Å². The second-order valence-corrected chi connectivity index (χ2v) is 7.24. The number of rotatable bonds is 4. The summed E-state index contributed by atoms with van der Waals surface area (Å²) in [4.78, 5) is 16.8. The smallest absolute Gasteiger partial charge is 0.272 e. The third-order valence-electron chi connectivity index (χ3n) is 5.07. The minimum atomic E-state index is -2.68. The second kappa shape index (κ2) is 6.23. The van der Waals surface area contributed by atoms with Gasteiger partial charge in [-0.2, -0.15) is 10.2 Å². The van der Waals surface area contributed by atoms with E-state index in [1.54, 1.807) is 24.0 Å². The molecule has 3 aromatic heterocycles. The average Bonchev–Trinajstić information content (AvgIpc) is 3.22. The summed E-state index contributed by atoms with van der Waals surface area (Å²) in [6, 6.07) is 8.62. The number of anilines is 2. The van der Waals surface area contributed by atoms with E-state index in [1.807, 2.05) is 24.3 Å². The Hall–Kier alpha value is -3.56. The van der Waals surface area contributed by atoms with Crippen LogP contribution in [-0.2, 0) is 7.05 Å². The lowest BCUT2D eigenvalue weighted by atomic mass is 9.88. The Kier molecular flexibility index (Phi) is 3.76. The van der Waals surface area contributed by atoms with Crippen molar-refractivity contribution in [1.82, 2.24) is 30.3 Å². The molecule has 1 aliphatic rings. The fourth-order valence-corrected chi connectivity index (χ4v) is 3.60. The standard InChI is InChI=1S/C19H17F2N7O/c1-28-14-7-10(23-17-16-13(25-26-17)3-2-6-22-16)4-5-12(14)15(27-28)18(29)24-11-8-19(20,21)9-11/h2-7,11H,8-9H2,1H3,(H,24,29)(H2,23,25,26). The van der Waals surface area contributed by atoms with Crippen LogP contribution in [0.3, 0.4) is 0 Å². The summed E-state index contributed by atoms with van der Waals surface area (Å²) >= 11 is 0. The van der Waals surface area contributed by atoms with E-state index in [-0.39, 0.29) is 18.5 Å². The number of H-pyrrole nitrogens is 1. The molecule has 0 saturated heterocycles. The SMILES string of the molecule is Cn1nc(C(=O)NC2CC(F)(F)C2)c2ccc(Nc3n[nH]c4cccnc34)cc21. The quantitative estimate of drug-likeness (QED) is 0.491. The molecule has 1 fully saturated rings. The normalized spacial score (nSPS) is 16.1. The average molecular weight is 397 g/mol. The van der Waals surface area contributed by atoms with Crippen LogP contribution in [0.2, 0.25) is 0 Å². The summed E-state index contributed by atoms with van der Waals surface area (Å²) in [5.41, 5.74) is 3.24. The molecule has 0 unspecified atom stereocenters. The Labute approximate surface area is 163 Å². The van der Waals surface area contributed by atoms with Gasteiger partial charge in [-0.1, -0.05) is 0 Å². The van der Waals surface area contributed by atoms with E-state index in [0.29, 0.717) is 11.2 Å². The van der Waals surface area contributed by atoms with Crippen molar-refractivity contribution >= 4 is 39.3 Å². The van der Waals surface area contributed by atoms with Crippen molar-refractivity contribution in [2.75, 3.05) is 5.32 Å². The van der Waals surface area contributed by atoms with Gasteiger partial charge in [0.15, 0.2) is 11.5 Å². The fraction of sp³-hybridized carbons (Fsp3) is 0.263. The van der Waals surface area contributed by atoms with Gasteiger partial charge in [0.05, 0.1) is 11.0 Å². The summed E-state index contributed by atoms with van der Waals surface area (Å²) in [7, 11) is 1.73. The molecule has 29 heavy (non-hydrogen) atoms. The van der Waals surface area contributed by atoms with E-state index in [2.05, 4.69) is 30.9 Å². The molecule has 148 valence electrons. The molecule has 0 spiro atoms. The van der Waals surface area contributed by atoms with Gasteiger partial charge >= 0.3 is 0 Å². The van der Waals surface area contributed by atoms with Crippen LogP contribution >= 0.6 is 0 Å². The third kappa shape index (κ3) is 3.06. The summed E-state index contributed by atoms with van der Waals surface area (Å²) in [5, 5.41) is 17.9. The molecule has 4 aromatic rings. The molecule has 10 heteroatoms. The predicted molar refractivity (Wildman–Crippen MR) is 103 cm³/mol. The van der Waals surface area contributed by atoms with E-state index in [1.165, 1.54) is 0 Å². The van der Waals surface area contributed by atoms with Gasteiger partial charge < -0.3 is 10.6 Å². The number of hydrogen-bond donors (Lipinski definition) is 3. The van der Waals surface area contributed by atoms with Crippen molar-refractivity contribution in [1.29, 1.82) is 0 Å². The van der Waals surface area contributed by atoms with E-state index in [9.17, 15) is 13.6 Å². The maximum absolute atomic E-state index is 13.0. The molecule has 5 rings (SSSR count). The van der Waals surface area contributed by atoms with E-state index in [4.69, 9.17) is 0 Å². The molecule has 0 bridgehead atoms. The zero-order valence-electron chi connectivity index (χ0n) is 15.4. The number of alkyl halides is 2. The van der Waals surface area contributed by atoms with Gasteiger partial charge in [-0.05, 0) is 30.3 Å². The van der Waals surface area contributed by atoms with Crippen LogP contribution in [0.15, 0.2) is 36.5 Å². The Balaban J connectivity index is 1.41. The van der Waals surface area contributed by atoms with E-state index in [0.717, 1.165) is 22.2 Å². The Morgan fingerprint density at radius 2 is 2.14 bits per heavy atom. The topological polar surface area (TPSA) is 101 Å². The molecule has 8 nitrogen and oxygen atoms in total. The highest BCUT2D eigenvalue weighted by molar-refractivity contribution is 6.05. The molecular weight excluding hydrogens is 380 g/mol. The number of amides is 1. The number of benzene rings is 1. The number of halogens is 2. The van der Waals surface area contributed by atoms with Gasteiger partial charge in [-0.3, -0.25) is 19.6 Å². The number of fused-ring (bicyclic) bond motifs is 2. The highest BCUT2D eigenvalue weighted by Crippen LogP contribution is 2.37. The summed E-state index contributed by atoms with van der Waals surface area (Å²) in [6.45, 7) is 0. The maximum Gasteiger partial charge on any atom is 0.272 e. The molecule has 0 atom stereocenters. The highest BCUT2D eigenvalue weighted by Gasteiger charge is 2.46. The third-order valence-corrected chi connectivity index (χ3v) is 5.07. The first-order chi connectivity index (χ1) is 13.9. The van der Waals surface area contributed by atoms with Gasteiger partial charge in [-0.25, -0.2) is 8.78 Å². The van der Waals surface area contributed by atoms with E-state index < -0.39 is 17.9 Å². The lowest BCUT2D eigenvalue weighted by molar-refractivity contribution is -0.0901. The minimum absolute atomic E-state index is 0.219. The van der Waals surface area contributed by atoms with Crippen molar-refractivity contribution in [2.24, 2.45) is 7.05 Å². The first-order valence-corrected chi connectivity index (χ1v) is 9.11. The van der Waals surface area contributed by atoms with Gasteiger partial charge in [0.1, 0.15) is 5.52 Å². The number of carbonyl (C=O) groups is 1. The van der Waals surface area contributed by atoms with Gasteiger partial charge in [-0.15, -0.1) is 0 Å². The monoisotopic (exact) mass is 397 g/mol. The van der Waals surface area contributed by atoms with Crippen molar-refractivity contribution < 1.29 is 13.6 Å². The Morgan fingerprint density at radius 3 is 2.93 bits per heavy atom. The molecule has 3 N–H and O–H groups in total. The van der Waals surface area contributed by atoms with Gasteiger partial charge in [0, 0.05) is 43.2 Å². The molecule has 1 aromatic carbocycles. The lowest BCUT2D eigenvalue weighted by Crippen LogP contribution is -2.50. The van der Waals surface area contributed by atoms with Crippen LogP contribution in [0.25, 0.3) is 21.9 Å². The first kappa shape index (κ1) is 17.5. The van der Waals surface area contributed by atoms with Crippen LogP contribution < -0.4 is 10.6 Å². The molecule has 1 amide bonds. The molecule has 3 heterocycles. The van der Waals surface area contributed by atoms with Gasteiger partial charge in [0.25, 0.3) is 11.8 Å². The largest absolute Gasteiger partial charge is 0.347 e. The van der Waals surface area contributed by atoms with Crippen molar-refractivity contribution in [2.45, 2.75) is 24.8 Å². The van der Waals surface area contributed by atoms with Crippen LogP contribution in [0, 0.1) is 0 Å². The van der Waals surface area contributed by atoms with Crippen LogP contribution in [0.4, 0.5) is 20.3 Å². The van der Waals surface area contributed by atoms with Crippen molar-refractivity contribution in [3.63, 3.8) is 0 Å². The molecule has 1 aliphatic carbocycles. The molecule has 0 radical (unpaired) electrons. The molecular formula is C19H17F2N7O. The number of pyridine rings is 1. The molecule has 1 saturated carbocycles. The van der Waals surface area contributed by atoms with Crippen LogP contribution in [0.1, 0.15) is 23.3 Å². The highest BCUT2D eigenvalue weighted by atomic mass is 19.3. The predicted octanol–water partition coefficient (Wildman–Crippen LogP) is 3.12. The lowest BCUT2D eigenvalue weighted by Gasteiger charge is -2.35. The number of nitrogens with one attached hydrogen (secondary N) is 3. The Bertz CT molecular complexity index is 1240. The van der Waals surface area contributed by atoms with Crippen LogP contribution in [0.5, 0.6) is 0 Å². The fourth-order valence-electron chi connectivity index (χ4n) is 3.60. The summed E-state index contributed by atoms with van der Waals surface area (Å²) in [6.07, 6.45) is 1.03. The summed E-state index contributed by atoms with van der Waals surface area (Å²) < 4.78 is 27.6. The number of aromatic amines is 1.